The molecule has 0 saturated carbocycles. The Morgan fingerprint density at radius 1 is 0.625 bits per heavy atom. The molecule has 32 heavy (non-hydrogen) atoms. The molecule has 0 unspecified atom stereocenters. The second kappa shape index (κ2) is 7.33. The van der Waals surface area contributed by atoms with E-state index in [1.807, 2.05) is 0 Å². The van der Waals surface area contributed by atoms with Gasteiger partial charge in [-0.25, -0.2) is 9.82 Å². The molecule has 2 atom stereocenters. The highest BCUT2D eigenvalue weighted by Gasteiger charge is 2.93. The molecule has 0 aromatic heterocycles. The SMILES string of the molecule is CC1=C(Cl)[C@@H](C(F)(F)C(F)(F)C(F)(F)C(F)(F)[C@](C)(F)C(F)(F)C(F)(F)C(F)(F)F)NN1. The van der Waals surface area contributed by atoms with Gasteiger partial charge in [0.05, 0.1) is 5.03 Å². The number of hydrogen-bond acceptors (Lipinski definition) is 2. The van der Waals surface area contributed by atoms with Crippen molar-refractivity contribution in [1.82, 2.24) is 10.9 Å². The van der Waals surface area contributed by atoms with Gasteiger partial charge in [-0.1, -0.05) is 11.6 Å². The second-order valence-corrected chi connectivity index (χ2v) is 7.08. The summed E-state index contributed by atoms with van der Waals surface area (Å²) in [7, 11) is 0. The van der Waals surface area contributed by atoms with E-state index in [-0.39, 0.29) is 0 Å². The van der Waals surface area contributed by atoms with E-state index in [2.05, 4.69) is 0 Å². The summed E-state index contributed by atoms with van der Waals surface area (Å²) >= 11 is 5.15. The van der Waals surface area contributed by atoms with Gasteiger partial charge in [0.25, 0.3) is 0 Å². The van der Waals surface area contributed by atoms with Crippen molar-refractivity contribution < 1.29 is 70.2 Å². The van der Waals surface area contributed by atoms with E-state index in [0.717, 1.165) is 12.3 Å². The zero-order valence-electron chi connectivity index (χ0n) is 15.0. The fourth-order valence-corrected chi connectivity index (χ4v) is 2.56. The Bertz CT molecular complexity index is 768. The standard InChI is InChI=1S/C13H9ClF16N2/c1-3-4(14)5(32-31-3)7(16,17)10(22,23)11(24,25)8(18,19)6(2,15)9(20,21)12(26,27)13(28,29)30/h5,31-32H,1-2H3/t5-,6-/m0/s1. The first-order chi connectivity index (χ1) is 13.7. The molecule has 0 saturated heterocycles. The van der Waals surface area contributed by atoms with Gasteiger partial charge in [-0.15, -0.1) is 0 Å². The van der Waals surface area contributed by atoms with E-state index in [1.165, 1.54) is 0 Å². The van der Waals surface area contributed by atoms with Gasteiger partial charge in [-0.2, -0.15) is 65.9 Å². The van der Waals surface area contributed by atoms with Gasteiger partial charge in [-0.3, -0.25) is 0 Å². The summed E-state index contributed by atoms with van der Waals surface area (Å²) in [6.45, 7) is -0.907. The van der Waals surface area contributed by atoms with Crippen molar-refractivity contribution in [3.8, 4) is 0 Å². The molecule has 1 aliphatic heterocycles. The minimum Gasteiger partial charge on any atom is -0.324 e. The fraction of sp³-hybridized carbons (Fsp3) is 0.846. The third kappa shape index (κ3) is 3.37. The first-order valence-electron chi connectivity index (χ1n) is 7.58. The Labute approximate surface area is 171 Å². The van der Waals surface area contributed by atoms with Crippen molar-refractivity contribution in [3.05, 3.63) is 10.7 Å². The van der Waals surface area contributed by atoms with Crippen LogP contribution < -0.4 is 10.9 Å². The van der Waals surface area contributed by atoms with Crippen molar-refractivity contribution in [2.75, 3.05) is 0 Å². The maximum atomic E-state index is 14.0. The van der Waals surface area contributed by atoms with Crippen molar-refractivity contribution >= 4 is 11.6 Å². The minimum absolute atomic E-state index is 0.631. The number of hydrazine groups is 1. The van der Waals surface area contributed by atoms with E-state index < -0.39 is 71.1 Å². The molecule has 0 fully saturated rings. The largest absolute Gasteiger partial charge is 0.460 e. The van der Waals surface area contributed by atoms with Crippen LogP contribution in [0.5, 0.6) is 0 Å². The molecule has 0 aromatic rings. The molecular formula is C13H9ClF16N2. The summed E-state index contributed by atoms with van der Waals surface area (Å²) in [4.78, 5) is 0. The number of halogens is 17. The van der Waals surface area contributed by atoms with Crippen LogP contribution in [0.1, 0.15) is 13.8 Å². The van der Waals surface area contributed by atoms with Crippen molar-refractivity contribution in [3.63, 3.8) is 0 Å². The van der Waals surface area contributed by atoms with Gasteiger partial charge in [0.15, 0.2) is 0 Å². The van der Waals surface area contributed by atoms with Crippen molar-refractivity contribution in [2.24, 2.45) is 0 Å². The molecule has 0 bridgehead atoms. The lowest BCUT2D eigenvalue weighted by Gasteiger charge is -2.45. The smallest absolute Gasteiger partial charge is 0.324 e. The minimum atomic E-state index is -7.98. The van der Waals surface area contributed by atoms with Gasteiger partial charge in [0.2, 0.25) is 5.67 Å². The van der Waals surface area contributed by atoms with E-state index >= 15 is 0 Å². The summed E-state index contributed by atoms with van der Waals surface area (Å²) in [6, 6.07) is -3.45. The maximum absolute atomic E-state index is 14.0. The van der Waals surface area contributed by atoms with Gasteiger partial charge >= 0.3 is 41.7 Å². The Kier molecular flexibility index (Phi) is 6.58. The molecule has 19 heteroatoms. The predicted molar refractivity (Wildman–Crippen MR) is 73.9 cm³/mol. The highest BCUT2D eigenvalue weighted by Crippen LogP contribution is 2.63. The molecule has 1 rings (SSSR count). The van der Waals surface area contributed by atoms with E-state index in [4.69, 9.17) is 11.6 Å². The van der Waals surface area contributed by atoms with Gasteiger partial charge in [0.1, 0.15) is 6.04 Å². The molecule has 190 valence electrons. The fourth-order valence-electron chi connectivity index (χ4n) is 2.32. The Morgan fingerprint density at radius 3 is 1.31 bits per heavy atom. The van der Waals surface area contributed by atoms with E-state index in [0.29, 0.717) is 0 Å². The van der Waals surface area contributed by atoms with Crippen molar-refractivity contribution in [1.29, 1.82) is 0 Å². The molecule has 1 aliphatic rings. The van der Waals surface area contributed by atoms with Crippen LogP contribution in [0.2, 0.25) is 0 Å². The van der Waals surface area contributed by atoms with Crippen LogP contribution in [0.15, 0.2) is 10.7 Å². The maximum Gasteiger partial charge on any atom is 0.460 e. The molecule has 0 spiro atoms. The number of alkyl halides is 16. The number of rotatable bonds is 7. The quantitative estimate of drug-likeness (QED) is 0.391. The van der Waals surface area contributed by atoms with Gasteiger partial charge in [-0.05, 0) is 13.8 Å². The highest BCUT2D eigenvalue weighted by molar-refractivity contribution is 6.30. The molecule has 2 nitrogen and oxygen atoms in total. The number of hydrogen-bond donors (Lipinski definition) is 2. The molecule has 0 aromatic carbocycles. The molecule has 0 radical (unpaired) electrons. The second-order valence-electron chi connectivity index (χ2n) is 6.67. The third-order valence-electron chi connectivity index (χ3n) is 4.52. The number of allylic oxidation sites excluding steroid dienone is 1. The van der Waals surface area contributed by atoms with Crippen LogP contribution in [0.3, 0.4) is 0 Å². The average Bonchev–Trinajstić information content (AvgIpc) is 2.92. The topological polar surface area (TPSA) is 24.1 Å². The van der Waals surface area contributed by atoms with E-state index in [9.17, 15) is 70.2 Å². The molecule has 2 N–H and O–H groups in total. The molecule has 0 aliphatic carbocycles. The van der Waals surface area contributed by atoms with Gasteiger partial charge < -0.3 is 5.43 Å². The highest BCUT2D eigenvalue weighted by atomic mass is 35.5. The predicted octanol–water partition coefficient (Wildman–Crippen LogP) is 6.04. The summed E-state index contributed by atoms with van der Waals surface area (Å²) in [5.74, 6) is -45.6. The molecule has 1 heterocycles. The first-order valence-corrected chi connectivity index (χ1v) is 7.96. The van der Waals surface area contributed by atoms with E-state index in [1.54, 1.807) is 5.43 Å². The van der Waals surface area contributed by atoms with Crippen LogP contribution in [0.25, 0.3) is 0 Å². The summed E-state index contributed by atoms with van der Waals surface area (Å²) < 4.78 is 215. The number of nitrogens with one attached hydrogen (secondary N) is 2. The average molecular weight is 533 g/mol. The third-order valence-corrected chi connectivity index (χ3v) is 5.02. The lowest BCUT2D eigenvalue weighted by Crippen LogP contribution is -2.76. The first kappa shape index (κ1) is 28.7. The summed E-state index contributed by atoms with van der Waals surface area (Å²) in [5.41, 5.74) is -5.01. The van der Waals surface area contributed by atoms with Crippen LogP contribution in [0, 0.1) is 0 Å². The Hall–Kier alpha value is -1.33. The monoisotopic (exact) mass is 532 g/mol. The molecule has 0 amide bonds. The van der Waals surface area contributed by atoms with Crippen LogP contribution in [-0.4, -0.2) is 53.4 Å². The normalized spacial score (nSPS) is 22.2. The Balaban J connectivity index is 3.66. The lowest BCUT2D eigenvalue weighted by atomic mass is 9.80. The zero-order chi connectivity index (χ0) is 26.1. The van der Waals surface area contributed by atoms with Crippen LogP contribution in [0.4, 0.5) is 70.2 Å². The summed E-state index contributed by atoms with van der Waals surface area (Å²) in [5, 5.41) is -1.41. The summed E-state index contributed by atoms with van der Waals surface area (Å²) in [6.07, 6.45) is -7.54. The lowest BCUT2D eigenvalue weighted by molar-refractivity contribution is -0.435. The van der Waals surface area contributed by atoms with Crippen molar-refractivity contribution in [2.45, 2.75) is 67.3 Å². The zero-order valence-corrected chi connectivity index (χ0v) is 15.8. The van der Waals surface area contributed by atoms with Crippen LogP contribution >= 0.6 is 11.6 Å². The Morgan fingerprint density at radius 2 is 1.00 bits per heavy atom. The van der Waals surface area contributed by atoms with Gasteiger partial charge in [0, 0.05) is 5.70 Å². The van der Waals surface area contributed by atoms with Crippen LogP contribution in [-0.2, 0) is 0 Å². The molecular weight excluding hydrogens is 524 g/mol.